The maximum atomic E-state index is 12.8. The van der Waals surface area contributed by atoms with Gasteiger partial charge in [0.15, 0.2) is 0 Å². The molecule has 0 aliphatic carbocycles. The maximum absolute atomic E-state index is 12.8. The molecule has 1 heterocycles. The van der Waals surface area contributed by atoms with Gasteiger partial charge >= 0.3 is 0 Å². The Morgan fingerprint density at radius 2 is 1.86 bits per heavy atom. The molecule has 2 nitrogen and oxygen atoms in total. The Bertz CT molecular complexity index is 753. The largest absolute Gasteiger partial charge is 0.349 e. The highest BCUT2D eigenvalue weighted by Crippen LogP contribution is 2.23. The van der Waals surface area contributed by atoms with E-state index in [2.05, 4.69) is 12.1 Å². The van der Waals surface area contributed by atoms with Crippen LogP contribution in [0.3, 0.4) is 0 Å². The van der Waals surface area contributed by atoms with Crippen molar-refractivity contribution in [2.75, 3.05) is 0 Å². The fraction of sp³-hybridized carbons (Fsp3) is 0.158. The molecule has 1 aliphatic rings. The first-order valence-electron chi connectivity index (χ1n) is 7.81. The first-order valence-corrected chi connectivity index (χ1v) is 8.39. The summed E-state index contributed by atoms with van der Waals surface area (Å²) in [6.45, 7) is 2.71. The van der Waals surface area contributed by atoms with Crippen molar-refractivity contribution in [3.05, 3.63) is 89.1 Å². The molecule has 3 heteroatoms. The van der Waals surface area contributed by atoms with Crippen LogP contribution in [0.15, 0.2) is 82.9 Å². The minimum absolute atomic E-state index is 0.566. The van der Waals surface area contributed by atoms with Crippen molar-refractivity contribution < 1.29 is 5.58 Å². The molecule has 2 aromatic rings. The van der Waals surface area contributed by atoms with Gasteiger partial charge in [-0.15, -0.1) is 0 Å². The van der Waals surface area contributed by atoms with E-state index in [0.717, 1.165) is 10.5 Å². The monoisotopic (exact) mass is 310 g/mol. The van der Waals surface area contributed by atoms with Gasteiger partial charge in [-0.05, 0) is 24.6 Å². The predicted octanol–water partition coefficient (Wildman–Crippen LogP) is 4.36. The van der Waals surface area contributed by atoms with Crippen molar-refractivity contribution in [3.63, 3.8) is 0 Å². The summed E-state index contributed by atoms with van der Waals surface area (Å²) in [6, 6.07) is 17.8. The Labute approximate surface area is 135 Å². The topological polar surface area (TPSA) is 20.3 Å². The molecule has 0 saturated heterocycles. The molecular formula is C19H19NOS. The lowest BCUT2D eigenvalue weighted by Crippen LogP contribution is -2.14. The molecule has 1 unspecified atom stereocenters. The SMILES string of the molecule is [2H][C@@H]1C=CN(Cc2ccccc2)C=C1S(=O)c1ccc(C)cc1. The van der Waals surface area contributed by atoms with Gasteiger partial charge in [-0.3, -0.25) is 0 Å². The second-order valence-electron chi connectivity index (χ2n) is 5.28. The molecule has 112 valence electrons. The molecule has 0 saturated carbocycles. The minimum atomic E-state index is -1.31. The molecule has 0 N–H and O–H groups in total. The molecule has 2 aromatic carbocycles. The molecular weight excluding hydrogens is 290 g/mol. The molecule has 3 rings (SSSR count). The summed E-state index contributed by atoms with van der Waals surface area (Å²) in [6.07, 6.45) is 4.95. The Morgan fingerprint density at radius 3 is 2.59 bits per heavy atom. The van der Waals surface area contributed by atoms with Crippen molar-refractivity contribution in [2.45, 2.75) is 24.8 Å². The number of hydrogen-bond donors (Lipinski definition) is 0. The third-order valence-corrected chi connectivity index (χ3v) is 4.86. The van der Waals surface area contributed by atoms with Gasteiger partial charge in [0.1, 0.15) is 0 Å². The van der Waals surface area contributed by atoms with Crippen LogP contribution in [0.2, 0.25) is 0 Å². The number of rotatable bonds is 4. The Morgan fingerprint density at radius 1 is 1.14 bits per heavy atom. The van der Waals surface area contributed by atoms with Crippen LogP contribution in [0.4, 0.5) is 0 Å². The fourth-order valence-corrected chi connectivity index (χ4v) is 3.39. The molecule has 0 radical (unpaired) electrons. The molecule has 0 spiro atoms. The lowest BCUT2D eigenvalue weighted by molar-refractivity contribution is 0.490. The lowest BCUT2D eigenvalue weighted by atomic mass is 10.2. The quantitative estimate of drug-likeness (QED) is 0.836. The number of allylic oxidation sites excluding steroid dienone is 2. The van der Waals surface area contributed by atoms with Crippen LogP contribution in [0, 0.1) is 6.92 Å². The number of nitrogens with zero attached hydrogens (tertiary/aromatic N) is 1. The van der Waals surface area contributed by atoms with E-state index in [4.69, 9.17) is 1.37 Å². The maximum Gasteiger partial charge on any atom is 0.0826 e. The van der Waals surface area contributed by atoms with Crippen LogP contribution in [-0.4, -0.2) is 9.11 Å². The molecule has 0 bridgehead atoms. The minimum Gasteiger partial charge on any atom is -0.349 e. The van der Waals surface area contributed by atoms with E-state index in [-0.39, 0.29) is 0 Å². The van der Waals surface area contributed by atoms with E-state index in [1.54, 1.807) is 6.08 Å². The van der Waals surface area contributed by atoms with Crippen molar-refractivity contribution in [2.24, 2.45) is 0 Å². The highest BCUT2D eigenvalue weighted by Gasteiger charge is 2.13. The smallest absolute Gasteiger partial charge is 0.0826 e. The van der Waals surface area contributed by atoms with Gasteiger partial charge in [-0.2, -0.15) is 0 Å². The van der Waals surface area contributed by atoms with E-state index < -0.39 is 17.2 Å². The second-order valence-corrected chi connectivity index (χ2v) is 6.76. The van der Waals surface area contributed by atoms with E-state index in [9.17, 15) is 4.21 Å². The summed E-state index contributed by atoms with van der Waals surface area (Å²) in [4.78, 5) is 3.35. The number of aryl methyl sites for hydroxylation is 1. The Kier molecular flexibility index (Phi) is 4.15. The fourth-order valence-electron chi connectivity index (χ4n) is 2.30. The van der Waals surface area contributed by atoms with Gasteiger partial charge in [0, 0.05) is 36.5 Å². The van der Waals surface area contributed by atoms with Crippen LogP contribution in [0.1, 0.15) is 18.9 Å². The van der Waals surface area contributed by atoms with Crippen LogP contribution in [0.25, 0.3) is 0 Å². The molecule has 0 aromatic heterocycles. The third-order valence-electron chi connectivity index (χ3n) is 3.49. The molecule has 1 aliphatic heterocycles. The zero-order chi connectivity index (χ0) is 16.2. The summed E-state index contributed by atoms with van der Waals surface area (Å²) < 4.78 is 20.9. The van der Waals surface area contributed by atoms with E-state index in [1.165, 1.54) is 5.56 Å². The van der Waals surface area contributed by atoms with Gasteiger partial charge in [-0.1, -0.05) is 54.1 Å². The molecule has 0 fully saturated rings. The van der Waals surface area contributed by atoms with Gasteiger partial charge in [0.25, 0.3) is 0 Å². The zero-order valence-electron chi connectivity index (χ0n) is 13.5. The van der Waals surface area contributed by atoms with Gasteiger partial charge in [0.05, 0.1) is 10.8 Å². The number of benzene rings is 2. The molecule has 22 heavy (non-hydrogen) atoms. The average Bonchev–Trinajstić information content (AvgIpc) is 2.58. The summed E-state index contributed by atoms with van der Waals surface area (Å²) in [5.41, 5.74) is 2.31. The first-order chi connectivity index (χ1) is 11.1. The summed E-state index contributed by atoms with van der Waals surface area (Å²) in [5, 5.41) is 0. The van der Waals surface area contributed by atoms with Gasteiger partial charge in [0.2, 0.25) is 0 Å². The summed E-state index contributed by atoms with van der Waals surface area (Å²) in [5.74, 6) is 0. The highest BCUT2D eigenvalue weighted by atomic mass is 32.2. The molecule has 2 atom stereocenters. The van der Waals surface area contributed by atoms with Gasteiger partial charge < -0.3 is 4.90 Å². The molecule has 0 amide bonds. The first kappa shape index (κ1) is 13.5. The van der Waals surface area contributed by atoms with Crippen LogP contribution in [0.5, 0.6) is 0 Å². The van der Waals surface area contributed by atoms with Crippen LogP contribution in [-0.2, 0) is 17.3 Å². The van der Waals surface area contributed by atoms with Crippen LogP contribution >= 0.6 is 0 Å². The van der Waals surface area contributed by atoms with Crippen molar-refractivity contribution in [3.8, 4) is 0 Å². The van der Waals surface area contributed by atoms with Gasteiger partial charge in [-0.25, -0.2) is 4.21 Å². The zero-order valence-corrected chi connectivity index (χ0v) is 13.3. The second kappa shape index (κ2) is 6.75. The number of hydrogen-bond acceptors (Lipinski definition) is 2. The lowest BCUT2D eigenvalue weighted by Gasteiger charge is -2.21. The Hall–Kier alpha value is -2.13. The predicted molar refractivity (Wildman–Crippen MR) is 91.4 cm³/mol. The van der Waals surface area contributed by atoms with Crippen molar-refractivity contribution >= 4 is 10.8 Å². The van der Waals surface area contributed by atoms with Crippen molar-refractivity contribution in [1.29, 1.82) is 0 Å². The normalized spacial score (nSPS) is 19.5. The highest BCUT2D eigenvalue weighted by molar-refractivity contribution is 7.89. The average molecular weight is 310 g/mol. The van der Waals surface area contributed by atoms with E-state index in [0.29, 0.717) is 11.4 Å². The standard InChI is InChI=1S/C19H19NOS/c1-16-9-11-18(12-10-16)22(21)19-8-5-13-20(15-19)14-17-6-3-2-4-7-17/h2-7,9-13,15H,8,14H2,1H3/i8D/t8-,22?/m1/s1. The van der Waals surface area contributed by atoms with Crippen molar-refractivity contribution in [1.82, 2.24) is 4.90 Å². The third kappa shape index (κ3) is 3.55. The summed E-state index contributed by atoms with van der Waals surface area (Å²) in [7, 11) is -1.31. The summed E-state index contributed by atoms with van der Waals surface area (Å²) >= 11 is 0. The Balaban J connectivity index is 1.82. The van der Waals surface area contributed by atoms with E-state index >= 15 is 0 Å². The van der Waals surface area contributed by atoms with E-state index in [1.807, 2.05) is 66.7 Å². The van der Waals surface area contributed by atoms with Crippen LogP contribution < -0.4 is 0 Å².